The molecule has 1 aromatic carbocycles. The Morgan fingerprint density at radius 2 is 2.21 bits per heavy atom. The Hall–Kier alpha value is -1.46. The number of hydrogen-bond acceptors (Lipinski definition) is 5. The van der Waals surface area contributed by atoms with Crippen molar-refractivity contribution >= 4 is 34.0 Å². The van der Waals surface area contributed by atoms with Crippen molar-refractivity contribution < 1.29 is 5.11 Å². The second-order valence-electron chi connectivity index (χ2n) is 4.49. The molecule has 0 fully saturated rings. The van der Waals surface area contributed by atoms with Crippen LogP contribution in [0, 0.1) is 0 Å². The highest BCUT2D eigenvalue weighted by Gasteiger charge is 2.16. The van der Waals surface area contributed by atoms with Gasteiger partial charge in [-0.1, -0.05) is 0 Å². The molecule has 1 aromatic heterocycles. The van der Waals surface area contributed by atoms with Gasteiger partial charge in [-0.2, -0.15) is 11.8 Å². The number of aliphatic hydroxyl groups is 1. The largest absolute Gasteiger partial charge is 0.397 e. The lowest BCUT2D eigenvalue weighted by atomic mass is 10.1. The van der Waals surface area contributed by atoms with Gasteiger partial charge in [0.15, 0.2) is 0 Å². The third-order valence-corrected chi connectivity index (χ3v) is 4.41. The van der Waals surface area contributed by atoms with Crippen LogP contribution in [0.1, 0.15) is 6.92 Å². The molecular formula is C14H19N3OS. The Morgan fingerprint density at radius 1 is 1.42 bits per heavy atom. The summed E-state index contributed by atoms with van der Waals surface area (Å²) in [4.78, 5) is 4.28. The predicted molar refractivity (Wildman–Crippen MR) is 83.6 cm³/mol. The number of rotatable bonds is 5. The molecule has 0 spiro atoms. The van der Waals surface area contributed by atoms with Gasteiger partial charge in [0.2, 0.25) is 0 Å². The van der Waals surface area contributed by atoms with Crippen LogP contribution in [0.15, 0.2) is 30.5 Å². The van der Waals surface area contributed by atoms with Crippen LogP contribution >= 0.6 is 11.8 Å². The molecule has 0 bridgehead atoms. The van der Waals surface area contributed by atoms with Gasteiger partial charge in [0.1, 0.15) is 0 Å². The van der Waals surface area contributed by atoms with Crippen molar-refractivity contribution in [2.75, 3.05) is 23.9 Å². The number of aliphatic hydroxyl groups excluding tert-OH is 1. The maximum Gasteiger partial charge on any atom is 0.0724 e. The Kier molecular flexibility index (Phi) is 4.50. The van der Waals surface area contributed by atoms with Crippen LogP contribution < -0.4 is 11.1 Å². The second kappa shape index (κ2) is 6.12. The molecule has 5 heteroatoms. The van der Waals surface area contributed by atoms with Gasteiger partial charge in [0.05, 0.1) is 23.5 Å². The third-order valence-electron chi connectivity index (χ3n) is 3.25. The molecule has 4 nitrogen and oxygen atoms in total. The minimum absolute atomic E-state index is 0.136. The lowest BCUT2D eigenvalue weighted by molar-refractivity contribution is 0.288. The Morgan fingerprint density at radius 3 is 2.89 bits per heavy atom. The lowest BCUT2D eigenvalue weighted by Crippen LogP contribution is -2.31. The van der Waals surface area contributed by atoms with E-state index in [0.717, 1.165) is 16.6 Å². The molecule has 0 radical (unpaired) electrons. The smallest absolute Gasteiger partial charge is 0.0724 e. The molecule has 0 saturated heterocycles. The van der Waals surface area contributed by atoms with Crippen molar-refractivity contribution in [1.29, 1.82) is 0 Å². The number of fused-ring (bicyclic) bond motifs is 1. The summed E-state index contributed by atoms with van der Waals surface area (Å²) in [7, 11) is 0. The van der Waals surface area contributed by atoms with Gasteiger partial charge in [-0.3, -0.25) is 4.98 Å². The highest BCUT2D eigenvalue weighted by atomic mass is 32.2. The molecule has 0 aliphatic rings. The molecule has 0 aliphatic carbocycles. The SMILES string of the molecule is CSC(CO)C(C)Nc1ccc2ncccc2c1N. The van der Waals surface area contributed by atoms with Crippen LogP contribution in [0.5, 0.6) is 0 Å². The number of thioether (sulfide) groups is 1. The van der Waals surface area contributed by atoms with Crippen molar-refractivity contribution in [3.63, 3.8) is 0 Å². The highest BCUT2D eigenvalue weighted by molar-refractivity contribution is 7.99. The van der Waals surface area contributed by atoms with E-state index in [9.17, 15) is 5.11 Å². The first-order valence-electron chi connectivity index (χ1n) is 6.20. The summed E-state index contributed by atoms with van der Waals surface area (Å²) in [5.74, 6) is 0. The molecule has 2 unspecified atom stereocenters. The number of pyridine rings is 1. The van der Waals surface area contributed by atoms with Gasteiger partial charge in [-0.05, 0) is 37.4 Å². The van der Waals surface area contributed by atoms with Gasteiger partial charge >= 0.3 is 0 Å². The van der Waals surface area contributed by atoms with E-state index in [2.05, 4.69) is 10.3 Å². The Balaban J connectivity index is 2.28. The molecule has 0 aliphatic heterocycles. The third kappa shape index (κ3) is 2.93. The summed E-state index contributed by atoms with van der Waals surface area (Å²) in [6.07, 6.45) is 3.75. The van der Waals surface area contributed by atoms with E-state index >= 15 is 0 Å². The van der Waals surface area contributed by atoms with Crippen LogP contribution in [0.3, 0.4) is 0 Å². The zero-order chi connectivity index (χ0) is 13.8. The molecular weight excluding hydrogens is 258 g/mol. The average Bonchev–Trinajstić information content (AvgIpc) is 2.43. The van der Waals surface area contributed by atoms with Gasteiger partial charge in [0.25, 0.3) is 0 Å². The van der Waals surface area contributed by atoms with Crippen molar-refractivity contribution in [3.05, 3.63) is 30.5 Å². The van der Waals surface area contributed by atoms with E-state index in [4.69, 9.17) is 5.73 Å². The molecule has 0 amide bonds. The van der Waals surface area contributed by atoms with Crippen LogP contribution in [0.25, 0.3) is 10.9 Å². The number of nitrogen functional groups attached to an aromatic ring is 1. The first-order valence-corrected chi connectivity index (χ1v) is 7.49. The predicted octanol–water partition coefficient (Wildman–Crippen LogP) is 2.34. The topological polar surface area (TPSA) is 71.2 Å². The molecule has 2 atom stereocenters. The number of benzene rings is 1. The van der Waals surface area contributed by atoms with E-state index in [-0.39, 0.29) is 17.9 Å². The van der Waals surface area contributed by atoms with Crippen molar-refractivity contribution in [3.8, 4) is 0 Å². The number of nitrogens with zero attached hydrogens (tertiary/aromatic N) is 1. The Bertz CT molecular complexity index is 557. The molecule has 102 valence electrons. The van der Waals surface area contributed by atoms with Crippen molar-refractivity contribution in [2.45, 2.75) is 18.2 Å². The maximum absolute atomic E-state index is 9.31. The molecule has 2 aromatic rings. The molecule has 2 rings (SSSR count). The first kappa shape index (κ1) is 14.0. The summed E-state index contributed by atoms with van der Waals surface area (Å²) < 4.78 is 0. The van der Waals surface area contributed by atoms with Gasteiger partial charge in [-0.25, -0.2) is 0 Å². The van der Waals surface area contributed by atoms with Gasteiger partial charge in [-0.15, -0.1) is 0 Å². The van der Waals surface area contributed by atoms with Gasteiger partial charge in [0, 0.05) is 22.9 Å². The summed E-state index contributed by atoms with van der Waals surface area (Å²) in [6, 6.07) is 7.87. The van der Waals surface area contributed by atoms with E-state index < -0.39 is 0 Å². The zero-order valence-electron chi connectivity index (χ0n) is 11.1. The number of nitrogens with one attached hydrogen (secondary N) is 1. The molecule has 1 heterocycles. The van der Waals surface area contributed by atoms with Crippen LogP contribution in [-0.2, 0) is 0 Å². The Labute approximate surface area is 117 Å². The minimum atomic E-state index is 0.136. The van der Waals surface area contributed by atoms with E-state index in [1.54, 1.807) is 18.0 Å². The standard InChI is InChI=1S/C14H19N3OS/c1-9(13(8-18)19-2)17-12-6-5-11-10(14(12)15)4-3-7-16-11/h3-7,9,13,17-18H,8,15H2,1-2H3. The molecule has 19 heavy (non-hydrogen) atoms. The second-order valence-corrected chi connectivity index (χ2v) is 5.56. The van der Waals surface area contributed by atoms with Crippen LogP contribution in [0.2, 0.25) is 0 Å². The number of hydrogen-bond donors (Lipinski definition) is 3. The fourth-order valence-corrected chi connectivity index (χ4v) is 2.70. The molecule has 0 saturated carbocycles. The highest BCUT2D eigenvalue weighted by Crippen LogP contribution is 2.28. The van der Waals surface area contributed by atoms with Crippen LogP contribution in [0.4, 0.5) is 11.4 Å². The van der Waals surface area contributed by atoms with E-state index in [1.165, 1.54) is 0 Å². The maximum atomic E-state index is 9.31. The quantitative estimate of drug-likeness (QED) is 0.732. The number of nitrogens with two attached hydrogens (primary N) is 1. The van der Waals surface area contributed by atoms with E-state index in [0.29, 0.717) is 5.69 Å². The van der Waals surface area contributed by atoms with Crippen LogP contribution in [-0.4, -0.2) is 34.2 Å². The van der Waals surface area contributed by atoms with Gasteiger partial charge < -0.3 is 16.2 Å². The normalized spacial score (nSPS) is 14.3. The summed E-state index contributed by atoms with van der Waals surface area (Å²) in [5, 5.41) is 13.8. The zero-order valence-corrected chi connectivity index (χ0v) is 11.9. The van der Waals surface area contributed by atoms with Crippen molar-refractivity contribution in [2.24, 2.45) is 0 Å². The first-order chi connectivity index (χ1) is 9.17. The van der Waals surface area contributed by atoms with Crippen molar-refractivity contribution in [1.82, 2.24) is 4.98 Å². The number of aromatic nitrogens is 1. The minimum Gasteiger partial charge on any atom is -0.397 e. The summed E-state index contributed by atoms with van der Waals surface area (Å²) >= 11 is 1.64. The average molecular weight is 277 g/mol. The fourth-order valence-electron chi connectivity index (χ4n) is 2.08. The molecule has 4 N–H and O–H groups in total. The van der Waals surface area contributed by atoms with E-state index in [1.807, 2.05) is 37.4 Å². The summed E-state index contributed by atoms with van der Waals surface area (Å²) in [6.45, 7) is 2.19. The number of anilines is 2. The monoisotopic (exact) mass is 277 g/mol. The lowest BCUT2D eigenvalue weighted by Gasteiger charge is -2.23. The summed E-state index contributed by atoms with van der Waals surface area (Å²) in [5.41, 5.74) is 8.66. The fraction of sp³-hybridized carbons (Fsp3) is 0.357.